The average molecular weight is 290 g/mol. The van der Waals surface area contributed by atoms with Gasteiger partial charge in [-0.05, 0) is 19.3 Å². The Balaban J connectivity index is 2.56. The molecule has 119 valence electrons. The van der Waals surface area contributed by atoms with Crippen LogP contribution < -0.4 is 0 Å². The van der Waals surface area contributed by atoms with Crippen molar-refractivity contribution in [2.45, 2.75) is 90.9 Å². The Bertz CT molecular complexity index is 346. The first kappa shape index (κ1) is 18.1. The second-order valence-electron chi connectivity index (χ2n) is 5.81. The van der Waals surface area contributed by atoms with Crippen molar-refractivity contribution in [3.8, 4) is 0 Å². The van der Waals surface area contributed by atoms with Crippen LogP contribution in [0.5, 0.6) is 0 Å². The van der Waals surface area contributed by atoms with Crippen LogP contribution in [0.4, 0.5) is 0 Å². The fraction of sp³-hybridized carbons (Fsp3) is 0.778. The van der Waals surface area contributed by atoms with Crippen LogP contribution in [0.1, 0.15) is 89.1 Å². The SMILES string of the molecule is [CH2]CCc1nc(CCCCCC)nc(CCCCCC)n1. The van der Waals surface area contributed by atoms with Gasteiger partial charge in [-0.25, -0.2) is 15.0 Å². The predicted octanol–water partition coefficient (Wildman–Crippen LogP) is 4.88. The standard InChI is InChI=1S/C18H32N3/c1-4-7-9-11-14-17-19-16(13-6-3)20-18(21-17)15-12-10-8-5-2/h3-15H2,1-2H3. The van der Waals surface area contributed by atoms with Gasteiger partial charge in [-0.15, -0.1) is 0 Å². The minimum atomic E-state index is 0.856. The number of hydrogen-bond donors (Lipinski definition) is 0. The van der Waals surface area contributed by atoms with E-state index in [1.54, 1.807) is 0 Å². The van der Waals surface area contributed by atoms with Gasteiger partial charge < -0.3 is 0 Å². The summed E-state index contributed by atoms with van der Waals surface area (Å²) in [4.78, 5) is 13.9. The van der Waals surface area contributed by atoms with Crippen LogP contribution in [-0.2, 0) is 19.3 Å². The average Bonchev–Trinajstić information content (AvgIpc) is 2.48. The lowest BCUT2D eigenvalue weighted by Gasteiger charge is -2.07. The van der Waals surface area contributed by atoms with Gasteiger partial charge in [0.1, 0.15) is 17.5 Å². The summed E-state index contributed by atoms with van der Waals surface area (Å²) in [6.45, 7) is 8.39. The van der Waals surface area contributed by atoms with E-state index in [0.717, 1.165) is 43.2 Å². The Hall–Kier alpha value is -0.990. The van der Waals surface area contributed by atoms with Crippen molar-refractivity contribution in [2.24, 2.45) is 0 Å². The van der Waals surface area contributed by atoms with Crippen LogP contribution in [0.25, 0.3) is 0 Å². The van der Waals surface area contributed by atoms with Crippen LogP contribution in [0.2, 0.25) is 0 Å². The summed E-state index contributed by atoms with van der Waals surface area (Å²) in [5.41, 5.74) is 0. The second kappa shape index (κ2) is 11.6. The highest BCUT2D eigenvalue weighted by Crippen LogP contribution is 2.09. The minimum absolute atomic E-state index is 0.856. The first-order valence-electron chi connectivity index (χ1n) is 8.82. The molecule has 0 atom stereocenters. The van der Waals surface area contributed by atoms with E-state index in [0.29, 0.717) is 0 Å². The molecule has 0 fully saturated rings. The topological polar surface area (TPSA) is 38.7 Å². The molecule has 3 nitrogen and oxygen atoms in total. The molecule has 0 aliphatic heterocycles. The van der Waals surface area contributed by atoms with Crippen LogP contribution in [0.3, 0.4) is 0 Å². The molecular weight excluding hydrogens is 258 g/mol. The summed E-state index contributed by atoms with van der Waals surface area (Å²) in [6, 6.07) is 0. The maximum atomic E-state index is 4.67. The largest absolute Gasteiger partial charge is 0.218 e. The number of aromatic nitrogens is 3. The van der Waals surface area contributed by atoms with Crippen LogP contribution in [0, 0.1) is 6.92 Å². The Labute approximate surface area is 131 Å². The van der Waals surface area contributed by atoms with E-state index in [4.69, 9.17) is 0 Å². The van der Waals surface area contributed by atoms with Crippen LogP contribution >= 0.6 is 0 Å². The first-order valence-corrected chi connectivity index (χ1v) is 8.82. The molecule has 0 saturated heterocycles. The lowest BCUT2D eigenvalue weighted by Crippen LogP contribution is -2.08. The van der Waals surface area contributed by atoms with Gasteiger partial charge in [-0.3, -0.25) is 0 Å². The maximum absolute atomic E-state index is 4.67. The Morgan fingerprint density at radius 2 is 1.05 bits per heavy atom. The monoisotopic (exact) mass is 290 g/mol. The molecule has 0 spiro atoms. The summed E-state index contributed by atoms with van der Waals surface area (Å²) in [6.07, 6.45) is 13.8. The highest BCUT2D eigenvalue weighted by molar-refractivity contribution is 4.99. The van der Waals surface area contributed by atoms with E-state index in [2.05, 4.69) is 35.7 Å². The van der Waals surface area contributed by atoms with Gasteiger partial charge in [0.05, 0.1) is 0 Å². The molecule has 0 aliphatic rings. The van der Waals surface area contributed by atoms with Gasteiger partial charge in [-0.2, -0.15) is 0 Å². The van der Waals surface area contributed by atoms with E-state index in [9.17, 15) is 0 Å². The quantitative estimate of drug-likeness (QED) is 0.515. The fourth-order valence-electron chi connectivity index (χ4n) is 2.44. The summed E-state index contributed by atoms with van der Waals surface area (Å²) in [5.74, 6) is 2.93. The Morgan fingerprint density at radius 3 is 1.43 bits per heavy atom. The first-order chi connectivity index (χ1) is 10.3. The molecule has 1 heterocycles. The zero-order valence-corrected chi connectivity index (χ0v) is 14.0. The maximum Gasteiger partial charge on any atom is 0.132 e. The summed E-state index contributed by atoms with van der Waals surface area (Å²) in [5, 5.41) is 0. The normalized spacial score (nSPS) is 11.0. The molecule has 0 amide bonds. The molecule has 1 aromatic heterocycles. The third-order valence-electron chi connectivity index (χ3n) is 3.68. The van der Waals surface area contributed by atoms with Gasteiger partial charge in [-0.1, -0.05) is 59.3 Å². The molecule has 1 radical (unpaired) electrons. The van der Waals surface area contributed by atoms with Gasteiger partial charge in [0.25, 0.3) is 0 Å². The van der Waals surface area contributed by atoms with Crippen LogP contribution in [-0.4, -0.2) is 15.0 Å². The molecule has 0 unspecified atom stereocenters. The molecule has 0 aromatic carbocycles. The highest BCUT2D eigenvalue weighted by Gasteiger charge is 2.06. The van der Waals surface area contributed by atoms with Gasteiger partial charge in [0, 0.05) is 19.3 Å². The lowest BCUT2D eigenvalue weighted by atomic mass is 10.1. The van der Waals surface area contributed by atoms with E-state index in [-0.39, 0.29) is 0 Å². The van der Waals surface area contributed by atoms with Crippen molar-refractivity contribution >= 4 is 0 Å². The third kappa shape index (κ3) is 8.13. The number of aryl methyl sites for hydroxylation is 3. The summed E-state index contributed by atoms with van der Waals surface area (Å²) < 4.78 is 0. The molecule has 0 bridgehead atoms. The lowest BCUT2D eigenvalue weighted by molar-refractivity contribution is 0.620. The number of rotatable bonds is 12. The molecule has 3 heteroatoms. The van der Waals surface area contributed by atoms with Gasteiger partial charge >= 0.3 is 0 Å². The minimum Gasteiger partial charge on any atom is -0.218 e. The van der Waals surface area contributed by atoms with Gasteiger partial charge in [0.2, 0.25) is 0 Å². The molecular formula is C18H32N3. The van der Waals surface area contributed by atoms with Crippen molar-refractivity contribution in [3.05, 3.63) is 24.4 Å². The zero-order chi connectivity index (χ0) is 15.3. The van der Waals surface area contributed by atoms with Crippen molar-refractivity contribution in [1.82, 2.24) is 15.0 Å². The Morgan fingerprint density at radius 1 is 0.619 bits per heavy atom. The van der Waals surface area contributed by atoms with E-state index in [1.807, 2.05) is 0 Å². The summed E-state index contributed by atoms with van der Waals surface area (Å²) in [7, 11) is 0. The number of nitrogens with zero attached hydrogens (tertiary/aromatic N) is 3. The van der Waals surface area contributed by atoms with Crippen molar-refractivity contribution < 1.29 is 0 Å². The Kier molecular flexibility index (Phi) is 10.0. The van der Waals surface area contributed by atoms with E-state index < -0.39 is 0 Å². The molecule has 0 N–H and O–H groups in total. The molecule has 21 heavy (non-hydrogen) atoms. The summed E-state index contributed by atoms with van der Waals surface area (Å²) >= 11 is 0. The third-order valence-corrected chi connectivity index (χ3v) is 3.68. The van der Waals surface area contributed by atoms with Crippen LogP contribution in [0.15, 0.2) is 0 Å². The fourth-order valence-corrected chi connectivity index (χ4v) is 2.44. The molecule has 0 saturated carbocycles. The predicted molar refractivity (Wildman–Crippen MR) is 89.2 cm³/mol. The van der Waals surface area contributed by atoms with Gasteiger partial charge in [0.15, 0.2) is 0 Å². The van der Waals surface area contributed by atoms with Crippen molar-refractivity contribution in [1.29, 1.82) is 0 Å². The number of unbranched alkanes of at least 4 members (excludes halogenated alkanes) is 6. The second-order valence-corrected chi connectivity index (χ2v) is 5.81. The van der Waals surface area contributed by atoms with Crippen molar-refractivity contribution in [2.75, 3.05) is 0 Å². The smallest absolute Gasteiger partial charge is 0.132 e. The molecule has 1 aromatic rings. The highest BCUT2D eigenvalue weighted by atomic mass is 15.0. The zero-order valence-electron chi connectivity index (χ0n) is 14.0. The van der Waals surface area contributed by atoms with E-state index >= 15 is 0 Å². The van der Waals surface area contributed by atoms with Crippen molar-refractivity contribution in [3.63, 3.8) is 0 Å². The number of hydrogen-bond acceptors (Lipinski definition) is 3. The molecule has 0 aliphatic carbocycles. The van der Waals surface area contributed by atoms with E-state index in [1.165, 1.54) is 51.4 Å². The molecule has 1 rings (SSSR count).